The fourth-order valence-corrected chi connectivity index (χ4v) is 5.18. The summed E-state index contributed by atoms with van der Waals surface area (Å²) in [6.07, 6.45) is -3.71. The molecule has 5 rings (SSSR count). The zero-order valence-electron chi connectivity index (χ0n) is 22.1. The van der Waals surface area contributed by atoms with Crippen molar-refractivity contribution in [1.29, 1.82) is 0 Å². The Balaban J connectivity index is 1.45. The van der Waals surface area contributed by atoms with Gasteiger partial charge in [-0.1, -0.05) is 12.1 Å². The highest BCUT2D eigenvalue weighted by atomic mass is 19.4. The van der Waals surface area contributed by atoms with E-state index in [4.69, 9.17) is 4.74 Å². The predicted octanol–water partition coefficient (Wildman–Crippen LogP) is 4.50. The average molecular weight is 576 g/mol. The van der Waals surface area contributed by atoms with Crippen LogP contribution in [0.2, 0.25) is 0 Å². The monoisotopic (exact) mass is 575 g/mol. The van der Waals surface area contributed by atoms with Crippen molar-refractivity contribution in [2.75, 3.05) is 39.9 Å². The minimum Gasteiger partial charge on any atom is -0.497 e. The lowest BCUT2D eigenvalue weighted by molar-refractivity contribution is -0.143. The fraction of sp³-hybridized carbons (Fsp3) is 0.321. The molecule has 0 saturated carbocycles. The van der Waals surface area contributed by atoms with Crippen molar-refractivity contribution in [2.45, 2.75) is 19.1 Å². The minimum absolute atomic E-state index is 0.000200. The van der Waals surface area contributed by atoms with Gasteiger partial charge in [0, 0.05) is 42.9 Å². The lowest BCUT2D eigenvalue weighted by Crippen LogP contribution is -2.50. The maximum Gasteiger partial charge on any atom is 0.433 e. The second kappa shape index (κ2) is 11.1. The molecule has 41 heavy (non-hydrogen) atoms. The number of piperazine rings is 1. The van der Waals surface area contributed by atoms with Crippen LogP contribution in [-0.2, 0) is 6.18 Å². The van der Waals surface area contributed by atoms with Crippen molar-refractivity contribution in [3.8, 4) is 17.0 Å². The summed E-state index contributed by atoms with van der Waals surface area (Å²) in [5.74, 6) is -2.13. The number of methoxy groups -OCH3 is 1. The average Bonchev–Trinajstić information content (AvgIpc) is 3.37. The number of nitrogens with zero attached hydrogens (tertiary/aromatic N) is 5. The second-order valence-electron chi connectivity index (χ2n) is 9.62. The lowest BCUT2D eigenvalue weighted by atomic mass is 10.0. The van der Waals surface area contributed by atoms with Gasteiger partial charge in [-0.15, -0.1) is 0 Å². The number of carbonyl (C=O) groups is 1. The third-order valence-electron chi connectivity index (χ3n) is 7.30. The highest BCUT2D eigenvalue weighted by Gasteiger charge is 2.39. The lowest BCUT2D eigenvalue weighted by Gasteiger charge is -2.38. The van der Waals surface area contributed by atoms with Gasteiger partial charge in [0.1, 0.15) is 11.3 Å². The van der Waals surface area contributed by atoms with Gasteiger partial charge in [-0.3, -0.25) is 9.69 Å². The molecular formula is C28H26F5N5O3. The summed E-state index contributed by atoms with van der Waals surface area (Å²) in [6, 6.07) is 9.28. The molecule has 1 saturated heterocycles. The highest BCUT2D eigenvalue weighted by Crippen LogP contribution is 2.37. The Morgan fingerprint density at radius 3 is 2.37 bits per heavy atom. The number of aliphatic hydroxyl groups excluding tert-OH is 1. The van der Waals surface area contributed by atoms with Crippen molar-refractivity contribution in [3.05, 3.63) is 82.7 Å². The number of rotatable bonds is 6. The first-order valence-corrected chi connectivity index (χ1v) is 12.7. The number of alkyl halides is 3. The third kappa shape index (κ3) is 5.22. The van der Waals surface area contributed by atoms with Crippen LogP contribution in [0.25, 0.3) is 16.9 Å². The maximum atomic E-state index is 14.4. The number of hydrogen-bond donors (Lipinski definition) is 1. The Kier molecular flexibility index (Phi) is 7.66. The third-order valence-corrected chi connectivity index (χ3v) is 7.30. The standard InChI is InChI=1S/C28H26F5N5O3/c1-16-24(17-6-8-18(41-2)9-7-17)35-26-20(14-34-38(26)25(16)28(31,32)33)27(40)37-12-10-36(11-13-37)22(15-39)19-4-3-5-21(29)23(19)30/h3-9,14,22,39H,10-13,15H2,1-2H3/t22-/m0/s1. The van der Waals surface area contributed by atoms with Gasteiger partial charge >= 0.3 is 6.18 Å². The predicted molar refractivity (Wildman–Crippen MR) is 138 cm³/mol. The fourth-order valence-electron chi connectivity index (χ4n) is 5.18. The maximum absolute atomic E-state index is 14.4. The van der Waals surface area contributed by atoms with Gasteiger partial charge in [-0.2, -0.15) is 18.3 Å². The molecule has 1 fully saturated rings. The number of hydrogen-bond acceptors (Lipinski definition) is 6. The molecule has 13 heteroatoms. The second-order valence-corrected chi connectivity index (χ2v) is 9.62. The number of aromatic nitrogens is 3. The smallest absolute Gasteiger partial charge is 0.433 e. The van der Waals surface area contributed by atoms with Crippen LogP contribution in [0.3, 0.4) is 0 Å². The summed E-state index contributed by atoms with van der Waals surface area (Å²) >= 11 is 0. The molecule has 3 heterocycles. The molecule has 0 bridgehead atoms. The normalized spacial score (nSPS) is 15.4. The van der Waals surface area contributed by atoms with E-state index in [1.165, 1.54) is 31.1 Å². The summed E-state index contributed by atoms with van der Waals surface area (Å²) in [5.41, 5.74) is -1.07. The van der Waals surface area contributed by atoms with Crippen LogP contribution in [0.5, 0.6) is 5.75 Å². The molecule has 1 aliphatic heterocycles. The van der Waals surface area contributed by atoms with Gasteiger partial charge < -0.3 is 14.7 Å². The van der Waals surface area contributed by atoms with Crippen molar-refractivity contribution >= 4 is 11.6 Å². The molecule has 1 amide bonds. The Hall–Kier alpha value is -4.10. The van der Waals surface area contributed by atoms with E-state index in [1.807, 2.05) is 0 Å². The molecule has 1 atom stereocenters. The van der Waals surface area contributed by atoms with E-state index >= 15 is 0 Å². The Bertz CT molecular complexity index is 1580. The van der Waals surface area contributed by atoms with Crippen LogP contribution in [-0.4, -0.2) is 75.3 Å². The van der Waals surface area contributed by atoms with E-state index in [2.05, 4.69) is 10.1 Å². The molecular weight excluding hydrogens is 549 g/mol. The van der Waals surface area contributed by atoms with E-state index < -0.39 is 42.1 Å². The van der Waals surface area contributed by atoms with Crippen molar-refractivity contribution in [3.63, 3.8) is 0 Å². The molecule has 0 spiro atoms. The summed E-state index contributed by atoms with van der Waals surface area (Å²) in [6.45, 7) is 1.52. The number of carbonyl (C=O) groups excluding carboxylic acids is 1. The first kappa shape index (κ1) is 28.4. The van der Waals surface area contributed by atoms with E-state index in [1.54, 1.807) is 29.2 Å². The Morgan fingerprint density at radius 1 is 1.07 bits per heavy atom. The van der Waals surface area contributed by atoms with Crippen molar-refractivity contribution in [2.24, 2.45) is 0 Å². The number of aliphatic hydroxyl groups is 1. The van der Waals surface area contributed by atoms with Crippen LogP contribution >= 0.6 is 0 Å². The molecule has 2 aromatic heterocycles. The SMILES string of the molecule is COc1ccc(-c2nc3c(C(=O)N4CCN([C@@H](CO)c5cccc(F)c5F)CC4)cnn3c(C(F)(F)F)c2C)cc1. The molecule has 0 unspecified atom stereocenters. The molecule has 8 nitrogen and oxygen atoms in total. The van der Waals surface area contributed by atoms with Gasteiger partial charge in [0.05, 0.1) is 31.6 Å². The zero-order chi connectivity index (χ0) is 29.5. The van der Waals surface area contributed by atoms with Crippen molar-refractivity contribution < 1.29 is 36.6 Å². The summed E-state index contributed by atoms with van der Waals surface area (Å²) in [7, 11) is 1.47. The van der Waals surface area contributed by atoms with E-state index in [-0.39, 0.29) is 54.2 Å². The Labute approximate surface area is 231 Å². The summed E-state index contributed by atoms with van der Waals surface area (Å²) in [5, 5.41) is 13.8. The highest BCUT2D eigenvalue weighted by molar-refractivity contribution is 6.00. The quantitative estimate of drug-likeness (QED) is 0.341. The molecule has 1 aliphatic rings. The number of fused-ring (bicyclic) bond motifs is 1. The number of halogens is 5. The molecule has 216 valence electrons. The van der Waals surface area contributed by atoms with Gasteiger partial charge in [0.2, 0.25) is 0 Å². The van der Waals surface area contributed by atoms with Crippen LogP contribution in [0.1, 0.15) is 33.2 Å². The number of benzene rings is 2. The molecule has 2 aromatic carbocycles. The van der Waals surface area contributed by atoms with Gasteiger partial charge in [-0.05, 0) is 37.3 Å². The summed E-state index contributed by atoms with van der Waals surface area (Å²) < 4.78 is 76.6. The number of ether oxygens (including phenoxy) is 1. The van der Waals surface area contributed by atoms with Crippen LogP contribution < -0.4 is 4.74 Å². The van der Waals surface area contributed by atoms with Gasteiger partial charge in [0.25, 0.3) is 5.91 Å². The Morgan fingerprint density at radius 2 is 1.76 bits per heavy atom. The molecule has 1 N–H and O–H groups in total. The number of amides is 1. The van der Waals surface area contributed by atoms with Crippen LogP contribution in [0.15, 0.2) is 48.7 Å². The van der Waals surface area contributed by atoms with Gasteiger partial charge in [-0.25, -0.2) is 18.3 Å². The summed E-state index contributed by atoms with van der Waals surface area (Å²) in [4.78, 5) is 21.1. The van der Waals surface area contributed by atoms with E-state index in [0.29, 0.717) is 15.8 Å². The van der Waals surface area contributed by atoms with Crippen LogP contribution in [0.4, 0.5) is 22.0 Å². The van der Waals surface area contributed by atoms with E-state index in [9.17, 15) is 31.9 Å². The minimum atomic E-state index is -4.78. The first-order chi connectivity index (χ1) is 19.5. The van der Waals surface area contributed by atoms with Gasteiger partial charge in [0.15, 0.2) is 23.0 Å². The molecule has 0 aliphatic carbocycles. The van der Waals surface area contributed by atoms with Crippen molar-refractivity contribution in [1.82, 2.24) is 24.4 Å². The van der Waals surface area contributed by atoms with E-state index in [0.717, 1.165) is 12.3 Å². The molecule has 4 aromatic rings. The topological polar surface area (TPSA) is 83.2 Å². The first-order valence-electron chi connectivity index (χ1n) is 12.7. The zero-order valence-corrected chi connectivity index (χ0v) is 22.1. The van der Waals surface area contributed by atoms with Crippen LogP contribution in [0, 0.1) is 18.6 Å². The largest absolute Gasteiger partial charge is 0.497 e. The molecule has 0 radical (unpaired) electrons.